The molecule has 1 aromatic carbocycles. The molecule has 1 amide bonds. The Morgan fingerprint density at radius 1 is 1.21 bits per heavy atom. The van der Waals surface area contributed by atoms with Gasteiger partial charge in [0.25, 0.3) is 0 Å². The van der Waals surface area contributed by atoms with Crippen molar-refractivity contribution in [3.63, 3.8) is 0 Å². The lowest BCUT2D eigenvalue weighted by molar-refractivity contribution is -0.124. The number of nitrogens with zero attached hydrogens (tertiary/aromatic N) is 1. The standard InChI is InChI=1S/C22H32N4O2/c1-2-3-4-5-6-7-18-14-19(26-25-18)17-10-8-16(9-11-17)15-24-22(28)21-20(27)12-13-23-21/h8-11,14,20-21,23,27H,2-7,12-13,15H2,1H3,(H,24,28)(H,25,26). The number of hydrogen-bond acceptors (Lipinski definition) is 4. The second kappa shape index (κ2) is 10.4. The SMILES string of the molecule is CCCCCCCc1cc(-c2ccc(CNC(=O)C3NCCC3O)cc2)n[nH]1. The third-order valence-electron chi connectivity index (χ3n) is 5.37. The molecule has 2 unspecified atom stereocenters. The minimum Gasteiger partial charge on any atom is -0.391 e. The van der Waals surface area contributed by atoms with E-state index in [0.29, 0.717) is 19.5 Å². The van der Waals surface area contributed by atoms with Gasteiger partial charge in [-0.25, -0.2) is 0 Å². The molecule has 2 aromatic rings. The van der Waals surface area contributed by atoms with Gasteiger partial charge in [0, 0.05) is 17.8 Å². The van der Waals surface area contributed by atoms with Gasteiger partial charge in [-0.2, -0.15) is 5.10 Å². The molecule has 1 aliphatic heterocycles. The van der Waals surface area contributed by atoms with Crippen LogP contribution in [0.2, 0.25) is 0 Å². The highest BCUT2D eigenvalue weighted by molar-refractivity contribution is 5.82. The largest absolute Gasteiger partial charge is 0.391 e. The number of carbonyl (C=O) groups is 1. The van der Waals surface area contributed by atoms with Crippen molar-refractivity contribution in [3.05, 3.63) is 41.6 Å². The molecular weight excluding hydrogens is 352 g/mol. The van der Waals surface area contributed by atoms with E-state index in [4.69, 9.17) is 0 Å². The Balaban J connectivity index is 1.47. The van der Waals surface area contributed by atoms with Crippen LogP contribution in [0.3, 0.4) is 0 Å². The molecule has 0 bridgehead atoms. The predicted molar refractivity (Wildman–Crippen MR) is 111 cm³/mol. The number of carbonyl (C=O) groups excluding carboxylic acids is 1. The Morgan fingerprint density at radius 3 is 2.71 bits per heavy atom. The van der Waals surface area contributed by atoms with E-state index in [1.165, 1.54) is 37.8 Å². The summed E-state index contributed by atoms with van der Waals surface area (Å²) in [4.78, 5) is 12.1. The van der Waals surface area contributed by atoms with Crippen molar-refractivity contribution in [3.8, 4) is 11.3 Å². The second-order valence-electron chi connectivity index (χ2n) is 7.65. The molecule has 2 heterocycles. The fourth-order valence-electron chi connectivity index (χ4n) is 3.61. The van der Waals surface area contributed by atoms with Crippen LogP contribution in [0.5, 0.6) is 0 Å². The Labute approximate surface area is 167 Å². The quantitative estimate of drug-likeness (QED) is 0.474. The van der Waals surface area contributed by atoms with E-state index in [2.05, 4.69) is 33.8 Å². The van der Waals surface area contributed by atoms with Gasteiger partial charge in [-0.1, -0.05) is 56.9 Å². The van der Waals surface area contributed by atoms with Crippen LogP contribution in [0.25, 0.3) is 11.3 Å². The van der Waals surface area contributed by atoms with E-state index in [1.54, 1.807) is 0 Å². The van der Waals surface area contributed by atoms with Crippen molar-refractivity contribution < 1.29 is 9.90 Å². The molecule has 152 valence electrons. The number of aromatic amines is 1. The molecule has 1 aliphatic rings. The summed E-state index contributed by atoms with van der Waals surface area (Å²) in [6.07, 6.45) is 7.44. The number of amides is 1. The number of H-pyrrole nitrogens is 1. The van der Waals surface area contributed by atoms with Crippen molar-refractivity contribution in [1.82, 2.24) is 20.8 Å². The molecule has 0 aliphatic carbocycles. The van der Waals surface area contributed by atoms with Crippen LogP contribution in [0.1, 0.15) is 56.7 Å². The highest BCUT2D eigenvalue weighted by atomic mass is 16.3. The van der Waals surface area contributed by atoms with Crippen LogP contribution in [0.15, 0.2) is 30.3 Å². The van der Waals surface area contributed by atoms with Gasteiger partial charge < -0.3 is 15.7 Å². The molecule has 6 heteroatoms. The first-order chi connectivity index (χ1) is 13.7. The van der Waals surface area contributed by atoms with Crippen molar-refractivity contribution >= 4 is 5.91 Å². The summed E-state index contributed by atoms with van der Waals surface area (Å²) >= 11 is 0. The first kappa shape index (κ1) is 20.6. The number of aromatic nitrogens is 2. The molecule has 1 fully saturated rings. The first-order valence-corrected chi connectivity index (χ1v) is 10.5. The predicted octanol–water partition coefficient (Wildman–Crippen LogP) is 2.93. The first-order valence-electron chi connectivity index (χ1n) is 10.5. The third-order valence-corrected chi connectivity index (χ3v) is 5.37. The molecule has 1 saturated heterocycles. The number of aliphatic hydroxyl groups is 1. The van der Waals surface area contributed by atoms with E-state index in [1.807, 2.05) is 24.3 Å². The Kier molecular flexibility index (Phi) is 7.62. The number of hydrogen-bond donors (Lipinski definition) is 4. The van der Waals surface area contributed by atoms with Gasteiger partial charge in [0.2, 0.25) is 5.91 Å². The number of rotatable bonds is 10. The Bertz CT molecular complexity index is 741. The van der Waals surface area contributed by atoms with Crippen LogP contribution < -0.4 is 10.6 Å². The van der Waals surface area contributed by atoms with Gasteiger partial charge in [0.15, 0.2) is 0 Å². The number of benzene rings is 1. The number of nitrogens with one attached hydrogen (secondary N) is 3. The monoisotopic (exact) mass is 384 g/mol. The number of aliphatic hydroxyl groups excluding tert-OH is 1. The molecule has 0 spiro atoms. The third kappa shape index (κ3) is 5.66. The normalized spacial score (nSPS) is 19.1. The summed E-state index contributed by atoms with van der Waals surface area (Å²) in [5.74, 6) is -0.148. The van der Waals surface area contributed by atoms with Crippen LogP contribution in [-0.2, 0) is 17.8 Å². The smallest absolute Gasteiger partial charge is 0.240 e. The fraction of sp³-hybridized carbons (Fsp3) is 0.545. The molecule has 28 heavy (non-hydrogen) atoms. The maximum atomic E-state index is 12.1. The summed E-state index contributed by atoms with van der Waals surface area (Å²) in [5.41, 5.74) is 4.23. The molecule has 0 radical (unpaired) electrons. The maximum absolute atomic E-state index is 12.1. The maximum Gasteiger partial charge on any atom is 0.240 e. The van der Waals surface area contributed by atoms with Crippen molar-refractivity contribution in [2.45, 2.75) is 70.6 Å². The average molecular weight is 385 g/mol. The summed E-state index contributed by atoms with van der Waals surface area (Å²) in [6.45, 7) is 3.36. The van der Waals surface area contributed by atoms with Crippen molar-refractivity contribution in [2.75, 3.05) is 6.54 Å². The average Bonchev–Trinajstić information content (AvgIpc) is 3.35. The minimum absolute atomic E-state index is 0.148. The highest BCUT2D eigenvalue weighted by Gasteiger charge is 2.30. The van der Waals surface area contributed by atoms with E-state index >= 15 is 0 Å². The molecule has 4 N–H and O–H groups in total. The summed E-state index contributed by atoms with van der Waals surface area (Å²) in [6, 6.07) is 9.71. The highest BCUT2D eigenvalue weighted by Crippen LogP contribution is 2.19. The zero-order valence-corrected chi connectivity index (χ0v) is 16.7. The minimum atomic E-state index is -0.595. The van der Waals surface area contributed by atoms with Gasteiger partial charge in [0.1, 0.15) is 6.04 Å². The van der Waals surface area contributed by atoms with E-state index in [9.17, 15) is 9.90 Å². The van der Waals surface area contributed by atoms with E-state index in [0.717, 1.165) is 23.2 Å². The lowest BCUT2D eigenvalue weighted by atomic mass is 10.1. The second-order valence-corrected chi connectivity index (χ2v) is 7.65. The van der Waals surface area contributed by atoms with Crippen molar-refractivity contribution in [2.24, 2.45) is 0 Å². The molecule has 1 aromatic heterocycles. The topological polar surface area (TPSA) is 90.0 Å². The van der Waals surface area contributed by atoms with Gasteiger partial charge in [0.05, 0.1) is 11.8 Å². The summed E-state index contributed by atoms with van der Waals surface area (Å²) < 4.78 is 0. The van der Waals surface area contributed by atoms with Crippen molar-refractivity contribution in [1.29, 1.82) is 0 Å². The molecule has 3 rings (SSSR count). The Morgan fingerprint density at radius 2 is 2.00 bits per heavy atom. The van der Waals surface area contributed by atoms with Crippen LogP contribution in [0.4, 0.5) is 0 Å². The molecule has 0 saturated carbocycles. The molecule has 6 nitrogen and oxygen atoms in total. The molecular formula is C22H32N4O2. The van der Waals surface area contributed by atoms with E-state index < -0.39 is 12.1 Å². The van der Waals surface area contributed by atoms with Gasteiger partial charge in [-0.15, -0.1) is 0 Å². The van der Waals surface area contributed by atoms with Crippen LogP contribution in [0, 0.1) is 0 Å². The van der Waals surface area contributed by atoms with E-state index in [-0.39, 0.29) is 5.91 Å². The lowest BCUT2D eigenvalue weighted by Crippen LogP contribution is -2.45. The van der Waals surface area contributed by atoms with Crippen LogP contribution in [-0.4, -0.2) is 39.9 Å². The molecule has 2 atom stereocenters. The number of unbranched alkanes of at least 4 members (excludes halogenated alkanes) is 4. The van der Waals surface area contributed by atoms with Gasteiger partial charge in [-0.05, 0) is 37.4 Å². The summed E-state index contributed by atoms with van der Waals surface area (Å²) in [5, 5.41) is 23.3. The fourth-order valence-corrected chi connectivity index (χ4v) is 3.61. The van der Waals surface area contributed by atoms with Gasteiger partial charge in [-0.3, -0.25) is 9.89 Å². The summed E-state index contributed by atoms with van der Waals surface area (Å²) in [7, 11) is 0. The number of aryl methyl sites for hydroxylation is 1. The van der Waals surface area contributed by atoms with Crippen LogP contribution >= 0.6 is 0 Å². The zero-order chi connectivity index (χ0) is 19.8. The zero-order valence-electron chi connectivity index (χ0n) is 16.7. The lowest BCUT2D eigenvalue weighted by Gasteiger charge is -2.14. The van der Waals surface area contributed by atoms with Gasteiger partial charge >= 0.3 is 0 Å². The Hall–Kier alpha value is -2.18.